The average Bonchev–Trinajstić information content (AvgIpc) is 2.50. The molecule has 6 heteroatoms. The molecule has 0 spiro atoms. The largest absolute Gasteiger partial charge is 0.497 e. The summed E-state index contributed by atoms with van der Waals surface area (Å²) in [5, 5.41) is 2.92. The molecule has 0 atom stereocenters. The molecule has 0 saturated carbocycles. The highest BCUT2D eigenvalue weighted by atomic mass is 28.4. The Morgan fingerprint density at radius 3 is 2.22 bits per heavy atom. The SMILES string of the molecule is C=C(CO[Si](C)(C)C(C)(C)C)c1cc(OC)ccc1NC(=O)OC(C)(C)C. The van der Waals surface area contributed by atoms with Crippen molar-refractivity contribution >= 4 is 25.7 Å². The molecule has 0 radical (unpaired) electrons. The van der Waals surface area contributed by atoms with Crippen molar-refractivity contribution in [3.8, 4) is 5.75 Å². The molecule has 0 heterocycles. The second-order valence-electron chi connectivity index (χ2n) is 9.19. The Balaban J connectivity index is 3.03. The van der Waals surface area contributed by atoms with E-state index in [-0.39, 0.29) is 5.04 Å². The molecule has 1 aromatic rings. The van der Waals surface area contributed by atoms with Crippen molar-refractivity contribution in [1.82, 2.24) is 0 Å². The van der Waals surface area contributed by atoms with E-state index in [0.717, 1.165) is 11.1 Å². The highest BCUT2D eigenvalue weighted by molar-refractivity contribution is 6.74. The number of benzene rings is 1. The first-order chi connectivity index (χ1) is 12.2. The number of anilines is 1. The van der Waals surface area contributed by atoms with E-state index in [2.05, 4.69) is 45.8 Å². The van der Waals surface area contributed by atoms with E-state index in [1.165, 1.54) is 0 Å². The van der Waals surface area contributed by atoms with Crippen LogP contribution in [0.3, 0.4) is 0 Å². The first-order valence-corrected chi connectivity index (χ1v) is 12.1. The van der Waals surface area contributed by atoms with E-state index in [0.29, 0.717) is 18.0 Å². The van der Waals surface area contributed by atoms with Gasteiger partial charge in [0, 0.05) is 5.56 Å². The smallest absolute Gasteiger partial charge is 0.412 e. The van der Waals surface area contributed by atoms with Crippen molar-refractivity contribution in [2.45, 2.75) is 65.3 Å². The maximum Gasteiger partial charge on any atom is 0.412 e. The first-order valence-electron chi connectivity index (χ1n) is 9.16. The molecule has 152 valence electrons. The van der Waals surface area contributed by atoms with Crippen LogP contribution in [0.5, 0.6) is 5.75 Å². The van der Waals surface area contributed by atoms with Crippen molar-refractivity contribution in [3.63, 3.8) is 0 Å². The van der Waals surface area contributed by atoms with Crippen molar-refractivity contribution in [2.24, 2.45) is 0 Å². The third kappa shape index (κ3) is 7.03. The topological polar surface area (TPSA) is 56.8 Å². The van der Waals surface area contributed by atoms with E-state index in [1.54, 1.807) is 19.2 Å². The maximum absolute atomic E-state index is 12.2. The number of hydrogen-bond donors (Lipinski definition) is 1. The Morgan fingerprint density at radius 2 is 1.74 bits per heavy atom. The molecule has 1 amide bonds. The van der Waals surface area contributed by atoms with Crippen LogP contribution in [0, 0.1) is 0 Å². The highest BCUT2D eigenvalue weighted by Gasteiger charge is 2.37. The van der Waals surface area contributed by atoms with Crippen LogP contribution in [0.4, 0.5) is 10.5 Å². The van der Waals surface area contributed by atoms with Gasteiger partial charge in [-0.05, 0) is 62.7 Å². The Labute approximate surface area is 165 Å². The number of ether oxygens (including phenoxy) is 2. The molecular weight excluding hydrogens is 358 g/mol. The van der Waals surface area contributed by atoms with E-state index in [1.807, 2.05) is 26.8 Å². The fraction of sp³-hybridized carbons (Fsp3) is 0.571. The summed E-state index contributed by atoms with van der Waals surface area (Å²) in [7, 11) is -0.302. The first kappa shape index (κ1) is 23.2. The molecule has 1 aromatic carbocycles. The van der Waals surface area contributed by atoms with Crippen LogP contribution < -0.4 is 10.1 Å². The number of nitrogens with one attached hydrogen (secondary N) is 1. The van der Waals surface area contributed by atoms with Gasteiger partial charge in [-0.25, -0.2) is 4.79 Å². The summed E-state index contributed by atoms with van der Waals surface area (Å²) in [5.41, 5.74) is 1.61. The van der Waals surface area contributed by atoms with Crippen molar-refractivity contribution in [3.05, 3.63) is 30.3 Å². The molecule has 0 unspecified atom stereocenters. The second-order valence-corrected chi connectivity index (χ2v) is 14.0. The van der Waals surface area contributed by atoms with Crippen molar-refractivity contribution in [2.75, 3.05) is 19.0 Å². The van der Waals surface area contributed by atoms with Gasteiger partial charge < -0.3 is 13.9 Å². The van der Waals surface area contributed by atoms with Crippen molar-refractivity contribution in [1.29, 1.82) is 0 Å². The fourth-order valence-corrected chi connectivity index (χ4v) is 3.00. The molecule has 5 nitrogen and oxygen atoms in total. The van der Waals surface area contributed by atoms with E-state index in [9.17, 15) is 4.79 Å². The minimum atomic E-state index is -1.91. The van der Waals surface area contributed by atoms with E-state index < -0.39 is 20.0 Å². The lowest BCUT2D eigenvalue weighted by Gasteiger charge is -2.36. The van der Waals surface area contributed by atoms with Gasteiger partial charge in [-0.3, -0.25) is 5.32 Å². The van der Waals surface area contributed by atoms with Crippen LogP contribution in [0.2, 0.25) is 18.1 Å². The van der Waals surface area contributed by atoms with Gasteiger partial charge in [0.15, 0.2) is 8.32 Å². The van der Waals surface area contributed by atoms with Crippen LogP contribution in [0.1, 0.15) is 47.1 Å². The zero-order chi connectivity index (χ0) is 21.0. The normalized spacial score (nSPS) is 12.5. The van der Waals surface area contributed by atoms with Crippen LogP contribution in [0.15, 0.2) is 24.8 Å². The Hall–Kier alpha value is -1.79. The third-order valence-electron chi connectivity index (χ3n) is 4.66. The third-order valence-corrected chi connectivity index (χ3v) is 9.14. The monoisotopic (exact) mass is 393 g/mol. The molecule has 0 aliphatic carbocycles. The minimum Gasteiger partial charge on any atom is -0.497 e. The zero-order valence-corrected chi connectivity index (χ0v) is 19.3. The molecule has 1 rings (SSSR count). The Kier molecular flexibility index (Phi) is 7.30. The molecule has 0 saturated heterocycles. The summed E-state index contributed by atoms with van der Waals surface area (Å²) in [6.07, 6.45) is -0.507. The fourth-order valence-electron chi connectivity index (χ4n) is 2.03. The molecule has 1 N–H and O–H groups in total. The summed E-state index contributed by atoms with van der Waals surface area (Å²) in [6, 6.07) is 5.43. The number of carbonyl (C=O) groups excluding carboxylic acids is 1. The summed E-state index contributed by atoms with van der Waals surface area (Å²) in [5.74, 6) is 0.688. The van der Waals surface area contributed by atoms with Crippen LogP contribution in [0.25, 0.3) is 5.57 Å². The molecule has 0 fully saturated rings. The summed E-state index contributed by atoms with van der Waals surface area (Å²) >= 11 is 0. The molecule has 0 bridgehead atoms. The number of methoxy groups -OCH3 is 1. The predicted molar refractivity (Wildman–Crippen MR) is 115 cm³/mol. The summed E-state index contributed by atoms with van der Waals surface area (Å²) in [6.45, 7) is 21.0. The Morgan fingerprint density at radius 1 is 1.15 bits per heavy atom. The number of carbonyl (C=O) groups is 1. The predicted octanol–water partition coefficient (Wildman–Crippen LogP) is 6.08. The Bertz CT molecular complexity index is 684. The molecular formula is C21H35NO4Si. The average molecular weight is 394 g/mol. The molecule has 0 aliphatic rings. The van der Waals surface area contributed by atoms with Gasteiger partial charge >= 0.3 is 6.09 Å². The van der Waals surface area contributed by atoms with Gasteiger partial charge in [-0.1, -0.05) is 27.4 Å². The molecule has 0 aromatic heterocycles. The zero-order valence-electron chi connectivity index (χ0n) is 18.3. The molecule has 0 aliphatic heterocycles. The van der Waals surface area contributed by atoms with E-state index >= 15 is 0 Å². The number of hydrogen-bond acceptors (Lipinski definition) is 4. The maximum atomic E-state index is 12.2. The van der Waals surface area contributed by atoms with Gasteiger partial charge in [0.1, 0.15) is 11.4 Å². The van der Waals surface area contributed by atoms with Gasteiger partial charge in [0.25, 0.3) is 0 Å². The lowest BCUT2D eigenvalue weighted by Crippen LogP contribution is -2.41. The van der Waals surface area contributed by atoms with Crippen LogP contribution in [-0.4, -0.2) is 33.7 Å². The van der Waals surface area contributed by atoms with E-state index in [4.69, 9.17) is 13.9 Å². The number of rotatable bonds is 6. The van der Waals surface area contributed by atoms with Gasteiger partial charge in [-0.2, -0.15) is 0 Å². The van der Waals surface area contributed by atoms with Gasteiger partial charge in [-0.15, -0.1) is 0 Å². The van der Waals surface area contributed by atoms with Gasteiger partial charge in [0.05, 0.1) is 19.4 Å². The van der Waals surface area contributed by atoms with Crippen molar-refractivity contribution < 1.29 is 18.7 Å². The highest BCUT2D eigenvalue weighted by Crippen LogP contribution is 2.37. The lowest BCUT2D eigenvalue weighted by molar-refractivity contribution is 0.0636. The number of amides is 1. The lowest BCUT2D eigenvalue weighted by atomic mass is 10.1. The van der Waals surface area contributed by atoms with Crippen LogP contribution in [-0.2, 0) is 9.16 Å². The second kappa shape index (κ2) is 8.48. The minimum absolute atomic E-state index is 0.110. The summed E-state index contributed by atoms with van der Waals surface area (Å²) < 4.78 is 17.0. The van der Waals surface area contributed by atoms with Crippen LogP contribution >= 0.6 is 0 Å². The standard InChI is InChI=1S/C21H35NO4Si/c1-15(14-25-27(9,10)21(5,6)7)17-13-16(24-8)11-12-18(17)22-19(23)26-20(2,3)4/h11-13H,1,14H2,2-10H3,(H,22,23). The summed E-state index contributed by atoms with van der Waals surface area (Å²) in [4.78, 5) is 12.2. The quantitative estimate of drug-likeness (QED) is 0.595. The van der Waals surface area contributed by atoms with Gasteiger partial charge in [0.2, 0.25) is 0 Å². The molecule has 27 heavy (non-hydrogen) atoms.